The number of nitrogens with one attached hydrogen (secondary N) is 1. The fraction of sp³-hybridized carbons (Fsp3) is 0.214. The number of nitriles is 1. The molecule has 0 atom stereocenters. The number of carboxylic acids is 1. The van der Waals surface area contributed by atoms with Gasteiger partial charge < -0.3 is 15.3 Å². The van der Waals surface area contributed by atoms with Crippen LogP contribution in [-0.4, -0.2) is 35.1 Å². The second-order valence-corrected chi connectivity index (χ2v) is 4.03. The van der Waals surface area contributed by atoms with Crippen LogP contribution in [0.2, 0.25) is 0 Å². The largest absolute Gasteiger partial charge is 0.480 e. The third-order valence-corrected chi connectivity index (χ3v) is 2.46. The Morgan fingerprint density at radius 1 is 1.50 bits per heavy atom. The highest BCUT2D eigenvalue weighted by atomic mass is 16.4. The molecule has 0 radical (unpaired) electrons. The van der Waals surface area contributed by atoms with Crippen molar-refractivity contribution in [3.8, 4) is 6.07 Å². The van der Waals surface area contributed by atoms with E-state index in [-0.39, 0.29) is 13.1 Å². The molecule has 104 valence electrons. The van der Waals surface area contributed by atoms with Crippen LogP contribution in [0.1, 0.15) is 11.1 Å². The van der Waals surface area contributed by atoms with Crippen LogP contribution in [-0.2, 0) is 11.3 Å². The molecule has 2 N–H and O–H groups in total. The number of aliphatic carboxylic acids is 1. The van der Waals surface area contributed by atoms with Crippen molar-refractivity contribution in [3.05, 3.63) is 48.0 Å². The zero-order valence-electron chi connectivity index (χ0n) is 10.9. The zero-order valence-corrected chi connectivity index (χ0v) is 10.9. The lowest BCUT2D eigenvalue weighted by atomic mass is 10.1. The Morgan fingerprint density at radius 3 is 2.85 bits per heavy atom. The molecule has 0 aliphatic heterocycles. The van der Waals surface area contributed by atoms with E-state index in [0.29, 0.717) is 5.56 Å². The Kier molecular flexibility index (Phi) is 5.78. The van der Waals surface area contributed by atoms with Gasteiger partial charge in [0.2, 0.25) is 0 Å². The molecular weight excluding hydrogens is 258 g/mol. The van der Waals surface area contributed by atoms with Crippen LogP contribution in [0.15, 0.2) is 36.9 Å². The summed E-state index contributed by atoms with van der Waals surface area (Å²) in [5.74, 6) is -1.09. The van der Waals surface area contributed by atoms with Crippen LogP contribution < -0.4 is 5.32 Å². The highest BCUT2D eigenvalue weighted by Gasteiger charge is 2.14. The van der Waals surface area contributed by atoms with E-state index in [9.17, 15) is 9.59 Å². The number of carboxylic acid groups (broad SMARTS) is 1. The average molecular weight is 273 g/mol. The molecule has 2 amide bonds. The van der Waals surface area contributed by atoms with Crippen molar-refractivity contribution >= 4 is 12.0 Å². The highest BCUT2D eigenvalue weighted by molar-refractivity contribution is 5.80. The molecule has 0 spiro atoms. The van der Waals surface area contributed by atoms with E-state index in [1.165, 1.54) is 6.08 Å². The van der Waals surface area contributed by atoms with Crippen LogP contribution in [0.5, 0.6) is 0 Å². The Balaban J connectivity index is 2.62. The van der Waals surface area contributed by atoms with Crippen molar-refractivity contribution in [1.82, 2.24) is 10.2 Å². The predicted molar refractivity (Wildman–Crippen MR) is 72.8 cm³/mol. The van der Waals surface area contributed by atoms with Crippen molar-refractivity contribution < 1.29 is 14.7 Å². The molecule has 6 nitrogen and oxygen atoms in total. The van der Waals surface area contributed by atoms with Crippen molar-refractivity contribution in [2.75, 3.05) is 13.1 Å². The number of hydrogen-bond donors (Lipinski definition) is 2. The second kappa shape index (κ2) is 7.59. The van der Waals surface area contributed by atoms with Crippen molar-refractivity contribution in [3.63, 3.8) is 0 Å². The summed E-state index contributed by atoms with van der Waals surface area (Å²) in [6.07, 6.45) is 1.46. The molecule has 0 saturated heterocycles. The number of carbonyl (C=O) groups is 2. The van der Waals surface area contributed by atoms with Gasteiger partial charge in [-0.3, -0.25) is 4.79 Å². The zero-order chi connectivity index (χ0) is 15.0. The summed E-state index contributed by atoms with van der Waals surface area (Å²) >= 11 is 0. The van der Waals surface area contributed by atoms with Crippen LogP contribution in [0.3, 0.4) is 0 Å². The molecule has 0 fully saturated rings. The molecule has 1 aromatic carbocycles. The Labute approximate surface area is 116 Å². The number of rotatable bonds is 6. The average Bonchev–Trinajstić information content (AvgIpc) is 2.44. The first-order valence-electron chi connectivity index (χ1n) is 5.91. The summed E-state index contributed by atoms with van der Waals surface area (Å²) in [4.78, 5) is 23.6. The Bertz CT molecular complexity index is 549. The number of amides is 2. The highest BCUT2D eigenvalue weighted by Crippen LogP contribution is 2.04. The van der Waals surface area contributed by atoms with E-state index in [1.54, 1.807) is 24.3 Å². The summed E-state index contributed by atoms with van der Waals surface area (Å²) in [7, 11) is 0. The number of benzene rings is 1. The van der Waals surface area contributed by atoms with Crippen LogP contribution in [0.25, 0.3) is 0 Å². The summed E-state index contributed by atoms with van der Waals surface area (Å²) in [6, 6.07) is 8.34. The van der Waals surface area contributed by atoms with Gasteiger partial charge >= 0.3 is 12.0 Å². The molecule has 0 aliphatic rings. The topological polar surface area (TPSA) is 93.4 Å². The second-order valence-electron chi connectivity index (χ2n) is 4.03. The molecule has 20 heavy (non-hydrogen) atoms. The first kappa shape index (κ1) is 15.2. The summed E-state index contributed by atoms with van der Waals surface area (Å²) < 4.78 is 0. The normalized spacial score (nSPS) is 9.35. The smallest absolute Gasteiger partial charge is 0.323 e. The van der Waals surface area contributed by atoms with E-state index in [1.807, 2.05) is 6.07 Å². The predicted octanol–water partition coefficient (Wildman–Crippen LogP) is 1.34. The minimum absolute atomic E-state index is 0.149. The third-order valence-electron chi connectivity index (χ3n) is 2.46. The third kappa shape index (κ3) is 4.82. The maximum atomic E-state index is 11.8. The van der Waals surface area contributed by atoms with E-state index in [0.717, 1.165) is 10.5 Å². The minimum atomic E-state index is -1.09. The molecule has 6 heteroatoms. The lowest BCUT2D eigenvalue weighted by molar-refractivity contribution is -0.137. The molecule has 0 bridgehead atoms. The number of urea groups is 1. The summed E-state index contributed by atoms with van der Waals surface area (Å²) in [5.41, 5.74) is 1.27. The van der Waals surface area contributed by atoms with Crippen molar-refractivity contribution in [2.24, 2.45) is 0 Å². The molecule has 0 unspecified atom stereocenters. The van der Waals surface area contributed by atoms with Crippen LogP contribution >= 0.6 is 0 Å². The Hall–Kier alpha value is -2.81. The van der Waals surface area contributed by atoms with E-state index in [2.05, 4.69) is 11.9 Å². The van der Waals surface area contributed by atoms with Gasteiger partial charge in [0, 0.05) is 13.1 Å². The van der Waals surface area contributed by atoms with Gasteiger partial charge in [0.25, 0.3) is 0 Å². The first-order valence-corrected chi connectivity index (χ1v) is 5.91. The fourth-order valence-corrected chi connectivity index (χ4v) is 1.58. The molecule has 1 rings (SSSR count). The lowest BCUT2D eigenvalue weighted by Crippen LogP contribution is -2.42. The number of nitrogens with zero attached hydrogens (tertiary/aromatic N) is 2. The van der Waals surface area contributed by atoms with Gasteiger partial charge in [-0.25, -0.2) is 4.79 Å². The van der Waals surface area contributed by atoms with Gasteiger partial charge in [-0.15, -0.1) is 6.58 Å². The molecule has 0 saturated carbocycles. The van der Waals surface area contributed by atoms with Gasteiger partial charge in [0.1, 0.15) is 6.54 Å². The minimum Gasteiger partial charge on any atom is -0.480 e. The quantitative estimate of drug-likeness (QED) is 0.765. The van der Waals surface area contributed by atoms with E-state index < -0.39 is 18.5 Å². The summed E-state index contributed by atoms with van der Waals surface area (Å²) in [6.45, 7) is 3.46. The van der Waals surface area contributed by atoms with Crippen LogP contribution in [0.4, 0.5) is 4.79 Å². The summed E-state index contributed by atoms with van der Waals surface area (Å²) in [5, 5.41) is 20.1. The maximum absolute atomic E-state index is 11.8. The van der Waals surface area contributed by atoms with E-state index in [4.69, 9.17) is 10.4 Å². The number of hydrogen-bond acceptors (Lipinski definition) is 3. The molecule has 0 aromatic heterocycles. The van der Waals surface area contributed by atoms with Gasteiger partial charge in [-0.05, 0) is 17.7 Å². The monoisotopic (exact) mass is 273 g/mol. The molecule has 0 aliphatic carbocycles. The molecule has 0 heterocycles. The maximum Gasteiger partial charge on any atom is 0.323 e. The van der Waals surface area contributed by atoms with Crippen molar-refractivity contribution in [2.45, 2.75) is 6.54 Å². The van der Waals surface area contributed by atoms with Gasteiger partial charge in [-0.1, -0.05) is 18.2 Å². The van der Waals surface area contributed by atoms with Gasteiger partial charge in [-0.2, -0.15) is 5.26 Å². The fourth-order valence-electron chi connectivity index (χ4n) is 1.58. The van der Waals surface area contributed by atoms with Crippen LogP contribution in [0, 0.1) is 11.3 Å². The molecule has 1 aromatic rings. The lowest BCUT2D eigenvalue weighted by Gasteiger charge is -2.19. The number of carbonyl (C=O) groups excluding carboxylic acids is 1. The van der Waals surface area contributed by atoms with Crippen molar-refractivity contribution in [1.29, 1.82) is 5.26 Å². The van der Waals surface area contributed by atoms with E-state index >= 15 is 0 Å². The standard InChI is InChI=1S/C14H15N3O3/c1-2-6-17(10-13(18)19)14(20)16-9-12-5-3-4-11(7-12)8-15/h2-5,7H,1,6,9-10H2,(H,16,20)(H,18,19). The SMILES string of the molecule is C=CCN(CC(=O)O)C(=O)NCc1cccc(C#N)c1. The first-order chi connectivity index (χ1) is 9.56. The van der Waals surface area contributed by atoms with Gasteiger partial charge in [0.05, 0.1) is 11.6 Å². The van der Waals surface area contributed by atoms with Gasteiger partial charge in [0.15, 0.2) is 0 Å². The Morgan fingerprint density at radius 2 is 2.25 bits per heavy atom. The molecular formula is C14H15N3O3.